The van der Waals surface area contributed by atoms with E-state index in [2.05, 4.69) is 21.1 Å². The molecule has 18 heavy (non-hydrogen) atoms. The molecule has 0 atom stereocenters. The third kappa shape index (κ3) is 3.45. The number of quaternary nitrogens is 1. The van der Waals surface area contributed by atoms with Crippen molar-refractivity contribution < 1.29 is 14.4 Å². The van der Waals surface area contributed by atoms with Crippen LogP contribution in [-0.4, -0.2) is 46.5 Å². The molecule has 0 radical (unpaired) electrons. The van der Waals surface area contributed by atoms with Gasteiger partial charge < -0.3 is 4.74 Å². The van der Waals surface area contributed by atoms with Crippen LogP contribution in [0.15, 0.2) is 18.2 Å². The fourth-order valence-corrected chi connectivity index (χ4v) is 1.35. The molecule has 0 saturated heterocycles. The van der Waals surface area contributed by atoms with Crippen LogP contribution < -0.4 is 9.22 Å². The quantitative estimate of drug-likeness (QED) is 0.612. The van der Waals surface area contributed by atoms with Crippen LogP contribution in [0.2, 0.25) is 0 Å². The van der Waals surface area contributed by atoms with Crippen LogP contribution in [0.5, 0.6) is 5.75 Å². The van der Waals surface area contributed by atoms with Crippen LogP contribution in [-0.2, 0) is 4.84 Å². The Morgan fingerprint density at radius 3 is 2.39 bits per heavy atom. The van der Waals surface area contributed by atoms with E-state index in [1.54, 1.807) is 0 Å². The number of amides is 1. The van der Waals surface area contributed by atoms with Crippen molar-refractivity contribution in [1.82, 2.24) is 9.55 Å². The Kier molecular flexibility index (Phi) is 4.32. The first-order valence-electron chi connectivity index (χ1n) is 5.68. The summed E-state index contributed by atoms with van der Waals surface area (Å²) in [5.74, 6) is 0.550. The fourth-order valence-electron chi connectivity index (χ4n) is 1.35. The number of hydrogen-bond donors (Lipinski definition) is 0. The molecule has 0 aromatic heterocycles. The van der Waals surface area contributed by atoms with E-state index in [1.165, 1.54) is 14.2 Å². The average molecular weight is 253 g/mol. The maximum absolute atomic E-state index is 11.6. The standard InChI is InChI=1S/C13H21N2O3/c1-10-7-8-11(15(3,4)5)9-12(10)18-13(16)14(2)17-6/h7-9H,1-6H3/q+1. The van der Waals surface area contributed by atoms with Crippen LogP contribution in [0.4, 0.5) is 10.5 Å². The maximum atomic E-state index is 11.6. The molecule has 0 aliphatic carbocycles. The molecule has 0 fully saturated rings. The number of aryl methyl sites for hydroxylation is 1. The molecular formula is C13H21N2O3+. The highest BCUT2D eigenvalue weighted by Crippen LogP contribution is 2.27. The topological polar surface area (TPSA) is 38.8 Å². The van der Waals surface area contributed by atoms with Crippen molar-refractivity contribution in [3.63, 3.8) is 0 Å². The van der Waals surface area contributed by atoms with Gasteiger partial charge in [-0.2, -0.15) is 5.06 Å². The summed E-state index contributed by atoms with van der Waals surface area (Å²) in [6.45, 7) is 1.90. The molecule has 1 amide bonds. The molecular weight excluding hydrogens is 232 g/mol. The lowest BCUT2D eigenvalue weighted by Crippen LogP contribution is -2.35. The monoisotopic (exact) mass is 253 g/mol. The van der Waals surface area contributed by atoms with E-state index in [-0.39, 0.29) is 0 Å². The molecule has 0 aliphatic rings. The highest BCUT2D eigenvalue weighted by Gasteiger charge is 2.17. The third-order valence-electron chi connectivity index (χ3n) is 2.67. The summed E-state index contributed by atoms with van der Waals surface area (Å²) in [6, 6.07) is 5.83. The molecule has 1 rings (SSSR count). The van der Waals surface area contributed by atoms with E-state index in [4.69, 9.17) is 9.57 Å². The van der Waals surface area contributed by atoms with Crippen molar-refractivity contribution in [2.75, 3.05) is 35.3 Å². The largest absolute Gasteiger partial charge is 0.439 e. The zero-order valence-corrected chi connectivity index (χ0v) is 11.9. The maximum Gasteiger partial charge on any atom is 0.439 e. The van der Waals surface area contributed by atoms with Crippen LogP contribution in [0, 0.1) is 6.92 Å². The van der Waals surface area contributed by atoms with Gasteiger partial charge >= 0.3 is 6.09 Å². The molecule has 0 unspecified atom stereocenters. The Hall–Kier alpha value is -1.59. The van der Waals surface area contributed by atoms with Gasteiger partial charge in [0.25, 0.3) is 0 Å². The van der Waals surface area contributed by atoms with Crippen LogP contribution >= 0.6 is 0 Å². The molecule has 0 saturated carbocycles. The van der Waals surface area contributed by atoms with Gasteiger partial charge in [-0.1, -0.05) is 0 Å². The van der Waals surface area contributed by atoms with Crippen molar-refractivity contribution >= 4 is 11.8 Å². The molecule has 0 aliphatic heterocycles. The molecule has 100 valence electrons. The van der Waals surface area contributed by atoms with Gasteiger partial charge in [-0.15, -0.1) is 0 Å². The number of nitrogens with zero attached hydrogens (tertiary/aromatic N) is 2. The molecule has 5 nitrogen and oxygen atoms in total. The van der Waals surface area contributed by atoms with Crippen LogP contribution in [0.3, 0.4) is 0 Å². The summed E-state index contributed by atoms with van der Waals surface area (Å²) in [5, 5.41) is 1.04. The summed E-state index contributed by atoms with van der Waals surface area (Å²) >= 11 is 0. The van der Waals surface area contributed by atoms with Gasteiger partial charge in [-0.25, -0.2) is 4.79 Å². The predicted molar refractivity (Wildman–Crippen MR) is 71.5 cm³/mol. The minimum absolute atomic E-state index is 0.542. The zero-order valence-electron chi connectivity index (χ0n) is 11.9. The molecule has 1 aromatic carbocycles. The summed E-state index contributed by atoms with van der Waals surface area (Å²) < 4.78 is 5.94. The van der Waals surface area contributed by atoms with E-state index >= 15 is 0 Å². The van der Waals surface area contributed by atoms with E-state index in [1.807, 2.05) is 25.1 Å². The van der Waals surface area contributed by atoms with Gasteiger partial charge in [-0.3, -0.25) is 9.32 Å². The van der Waals surface area contributed by atoms with Crippen molar-refractivity contribution in [3.8, 4) is 5.75 Å². The third-order valence-corrected chi connectivity index (χ3v) is 2.67. The average Bonchev–Trinajstić information content (AvgIpc) is 2.29. The first-order valence-corrected chi connectivity index (χ1v) is 5.68. The lowest BCUT2D eigenvalue weighted by molar-refractivity contribution is -0.0791. The second-order valence-electron chi connectivity index (χ2n) is 5.01. The normalized spacial score (nSPS) is 11.2. The molecule has 5 heteroatoms. The van der Waals surface area contributed by atoms with E-state index in [0.717, 1.165) is 16.3 Å². The Morgan fingerprint density at radius 1 is 1.28 bits per heavy atom. The van der Waals surface area contributed by atoms with Gasteiger partial charge in [0.05, 0.1) is 28.3 Å². The van der Waals surface area contributed by atoms with Gasteiger partial charge in [-0.05, 0) is 24.6 Å². The number of ether oxygens (including phenoxy) is 1. The smallest absolute Gasteiger partial charge is 0.408 e. The van der Waals surface area contributed by atoms with Crippen LogP contribution in [0.1, 0.15) is 5.56 Å². The Bertz CT molecular complexity index is 438. The van der Waals surface area contributed by atoms with Gasteiger partial charge in [0.1, 0.15) is 11.4 Å². The number of hydroxylamine groups is 2. The zero-order chi connectivity index (χ0) is 13.9. The number of hydrogen-bond acceptors (Lipinski definition) is 3. The number of carbonyl (C=O) groups is 1. The van der Waals surface area contributed by atoms with E-state index in [0.29, 0.717) is 10.2 Å². The van der Waals surface area contributed by atoms with E-state index in [9.17, 15) is 4.79 Å². The Balaban J connectivity index is 2.99. The lowest BCUT2D eigenvalue weighted by atomic mass is 10.2. The Morgan fingerprint density at radius 2 is 1.89 bits per heavy atom. The minimum Gasteiger partial charge on any atom is -0.408 e. The first-order chi connectivity index (χ1) is 8.25. The van der Waals surface area contributed by atoms with Gasteiger partial charge in [0.2, 0.25) is 0 Å². The SMILES string of the molecule is CON(C)C(=O)Oc1cc([N+](C)(C)C)ccc1C. The van der Waals surface area contributed by atoms with Crippen molar-refractivity contribution in [2.45, 2.75) is 6.92 Å². The summed E-state index contributed by atoms with van der Waals surface area (Å²) in [4.78, 5) is 16.4. The fraction of sp³-hybridized carbons (Fsp3) is 0.462. The number of rotatable bonds is 3. The van der Waals surface area contributed by atoms with Crippen molar-refractivity contribution in [2.24, 2.45) is 0 Å². The highest BCUT2D eigenvalue weighted by atomic mass is 16.7. The second kappa shape index (κ2) is 5.37. The van der Waals surface area contributed by atoms with Gasteiger partial charge in [0, 0.05) is 13.1 Å². The van der Waals surface area contributed by atoms with Crippen molar-refractivity contribution in [3.05, 3.63) is 23.8 Å². The Labute approximate surface area is 108 Å². The predicted octanol–water partition coefficient (Wildman–Crippen LogP) is 2.18. The first kappa shape index (κ1) is 14.5. The molecule has 0 bridgehead atoms. The van der Waals surface area contributed by atoms with Crippen LogP contribution in [0.25, 0.3) is 0 Å². The summed E-state index contributed by atoms with van der Waals surface area (Å²) in [5.41, 5.74) is 1.97. The summed E-state index contributed by atoms with van der Waals surface area (Å²) in [7, 11) is 9.07. The summed E-state index contributed by atoms with van der Waals surface area (Å²) in [6.07, 6.45) is -0.542. The molecule has 0 spiro atoms. The van der Waals surface area contributed by atoms with Gasteiger partial charge in [0.15, 0.2) is 0 Å². The molecule has 0 N–H and O–H groups in total. The number of carbonyl (C=O) groups excluding carboxylic acids is 1. The van der Waals surface area contributed by atoms with Crippen molar-refractivity contribution in [1.29, 1.82) is 0 Å². The lowest BCUT2D eigenvalue weighted by Gasteiger charge is -2.24. The minimum atomic E-state index is -0.542. The second-order valence-corrected chi connectivity index (χ2v) is 5.01. The highest BCUT2D eigenvalue weighted by molar-refractivity contribution is 5.70. The number of benzene rings is 1. The van der Waals surface area contributed by atoms with E-state index < -0.39 is 6.09 Å². The molecule has 0 heterocycles. The molecule has 1 aromatic rings.